The number of nitrogens with one attached hydrogen (secondary N) is 1. The van der Waals surface area contributed by atoms with Gasteiger partial charge < -0.3 is 10.2 Å². The van der Waals surface area contributed by atoms with E-state index in [9.17, 15) is 9.59 Å². The standard InChI is InChI=1S/C13H20N4O3/c1-8-2-3-9(12(14)18)6-17(8)7-10-4-5-11(20-10)13(19)16-15/h4-5,8-9H,2-3,6-7,15H2,1H3,(H2,14,18)(H,16,19). The van der Waals surface area contributed by atoms with Gasteiger partial charge in [-0.1, -0.05) is 0 Å². The molecule has 1 aliphatic heterocycles. The third-order valence-electron chi connectivity index (χ3n) is 3.79. The quantitative estimate of drug-likeness (QED) is 0.407. The molecule has 7 heteroatoms. The van der Waals surface area contributed by atoms with E-state index in [0.717, 1.165) is 12.8 Å². The molecule has 2 unspecified atom stereocenters. The maximum absolute atomic E-state index is 11.3. The second kappa shape index (κ2) is 6.06. The number of likely N-dealkylation sites (tertiary alicyclic amines) is 1. The molecule has 2 amide bonds. The Balaban J connectivity index is 2.02. The van der Waals surface area contributed by atoms with Crippen molar-refractivity contribution in [3.8, 4) is 0 Å². The maximum atomic E-state index is 11.3. The number of hydrogen-bond donors (Lipinski definition) is 3. The van der Waals surface area contributed by atoms with Crippen molar-refractivity contribution in [1.29, 1.82) is 0 Å². The summed E-state index contributed by atoms with van der Waals surface area (Å²) >= 11 is 0. The van der Waals surface area contributed by atoms with Crippen LogP contribution in [-0.2, 0) is 11.3 Å². The number of nitrogens with two attached hydrogens (primary N) is 2. The van der Waals surface area contributed by atoms with Crippen LogP contribution in [0.25, 0.3) is 0 Å². The number of nitrogens with zero attached hydrogens (tertiary/aromatic N) is 1. The first-order chi connectivity index (χ1) is 9.51. The van der Waals surface area contributed by atoms with Crippen molar-refractivity contribution < 1.29 is 14.0 Å². The zero-order valence-electron chi connectivity index (χ0n) is 11.5. The fourth-order valence-corrected chi connectivity index (χ4v) is 2.49. The molecule has 0 saturated carbocycles. The van der Waals surface area contributed by atoms with Crippen molar-refractivity contribution in [2.75, 3.05) is 6.54 Å². The highest BCUT2D eigenvalue weighted by atomic mass is 16.4. The number of furan rings is 1. The lowest BCUT2D eigenvalue weighted by Crippen LogP contribution is -2.45. The SMILES string of the molecule is CC1CCC(C(N)=O)CN1Cc1ccc(C(=O)NN)o1. The van der Waals surface area contributed by atoms with Crippen molar-refractivity contribution in [2.45, 2.75) is 32.4 Å². The highest BCUT2D eigenvalue weighted by Crippen LogP contribution is 2.24. The molecule has 1 saturated heterocycles. The number of carbonyl (C=O) groups is 2. The van der Waals surface area contributed by atoms with E-state index in [-0.39, 0.29) is 17.6 Å². The molecule has 0 aromatic carbocycles. The third-order valence-corrected chi connectivity index (χ3v) is 3.79. The average molecular weight is 280 g/mol. The van der Waals surface area contributed by atoms with Gasteiger partial charge in [0.1, 0.15) is 5.76 Å². The van der Waals surface area contributed by atoms with E-state index in [2.05, 4.69) is 11.8 Å². The molecule has 2 heterocycles. The summed E-state index contributed by atoms with van der Waals surface area (Å²) in [7, 11) is 0. The van der Waals surface area contributed by atoms with Crippen LogP contribution >= 0.6 is 0 Å². The molecule has 20 heavy (non-hydrogen) atoms. The van der Waals surface area contributed by atoms with Crippen LogP contribution in [0.5, 0.6) is 0 Å². The Bertz CT molecular complexity index is 500. The molecule has 1 aliphatic rings. The van der Waals surface area contributed by atoms with E-state index in [0.29, 0.717) is 24.9 Å². The van der Waals surface area contributed by atoms with Crippen LogP contribution in [0.2, 0.25) is 0 Å². The number of hydrazine groups is 1. The van der Waals surface area contributed by atoms with Crippen LogP contribution < -0.4 is 17.0 Å². The molecule has 0 radical (unpaired) electrons. The number of amides is 2. The topological polar surface area (TPSA) is 115 Å². The van der Waals surface area contributed by atoms with E-state index in [4.69, 9.17) is 16.0 Å². The van der Waals surface area contributed by atoms with Crippen LogP contribution in [0.3, 0.4) is 0 Å². The Labute approximate surface area is 117 Å². The lowest BCUT2D eigenvalue weighted by atomic mass is 9.93. The van der Waals surface area contributed by atoms with E-state index >= 15 is 0 Å². The summed E-state index contributed by atoms with van der Waals surface area (Å²) in [6, 6.07) is 3.67. The predicted molar refractivity (Wildman–Crippen MR) is 72.2 cm³/mol. The molecule has 0 bridgehead atoms. The maximum Gasteiger partial charge on any atom is 0.300 e. The number of rotatable bonds is 4. The number of primary amides is 1. The van der Waals surface area contributed by atoms with Crippen molar-refractivity contribution >= 4 is 11.8 Å². The van der Waals surface area contributed by atoms with E-state index < -0.39 is 5.91 Å². The van der Waals surface area contributed by atoms with Crippen LogP contribution in [0.1, 0.15) is 36.1 Å². The Kier molecular flexibility index (Phi) is 4.41. The highest BCUT2D eigenvalue weighted by Gasteiger charge is 2.29. The van der Waals surface area contributed by atoms with Crippen LogP contribution in [0.15, 0.2) is 16.5 Å². The molecule has 0 aliphatic carbocycles. The Hall–Kier alpha value is -1.86. The lowest BCUT2D eigenvalue weighted by Gasteiger charge is -2.36. The second-order valence-electron chi connectivity index (χ2n) is 5.19. The largest absolute Gasteiger partial charge is 0.455 e. The van der Waals surface area contributed by atoms with Crippen LogP contribution in [0, 0.1) is 5.92 Å². The monoisotopic (exact) mass is 280 g/mol. The first-order valence-electron chi connectivity index (χ1n) is 6.64. The summed E-state index contributed by atoms with van der Waals surface area (Å²) < 4.78 is 5.43. The van der Waals surface area contributed by atoms with Crippen LogP contribution in [0.4, 0.5) is 0 Å². The molecule has 5 N–H and O–H groups in total. The van der Waals surface area contributed by atoms with Gasteiger partial charge in [-0.05, 0) is 31.9 Å². The summed E-state index contributed by atoms with van der Waals surface area (Å²) in [5.41, 5.74) is 7.40. The third kappa shape index (κ3) is 3.17. The van der Waals surface area contributed by atoms with Gasteiger partial charge in [0.15, 0.2) is 5.76 Å². The van der Waals surface area contributed by atoms with Gasteiger partial charge in [-0.25, -0.2) is 5.84 Å². The minimum absolute atomic E-state index is 0.118. The molecule has 1 fully saturated rings. The number of nitrogen functional groups attached to an aromatic ring is 1. The first kappa shape index (κ1) is 14.5. The number of hydrogen-bond acceptors (Lipinski definition) is 5. The minimum atomic E-state index is -0.460. The molecule has 1 aromatic rings. The van der Waals surface area contributed by atoms with Gasteiger partial charge in [0.25, 0.3) is 0 Å². The van der Waals surface area contributed by atoms with Crippen molar-refractivity contribution in [1.82, 2.24) is 10.3 Å². The smallest absolute Gasteiger partial charge is 0.300 e. The second-order valence-corrected chi connectivity index (χ2v) is 5.19. The number of carbonyl (C=O) groups excluding carboxylic acids is 2. The molecular weight excluding hydrogens is 260 g/mol. The average Bonchev–Trinajstić information content (AvgIpc) is 2.88. The summed E-state index contributed by atoms with van der Waals surface area (Å²) in [6.45, 7) is 3.27. The van der Waals surface area contributed by atoms with E-state index in [1.807, 2.05) is 5.43 Å². The van der Waals surface area contributed by atoms with E-state index in [1.54, 1.807) is 12.1 Å². The zero-order chi connectivity index (χ0) is 14.7. The van der Waals surface area contributed by atoms with Gasteiger partial charge >= 0.3 is 5.91 Å². The summed E-state index contributed by atoms with van der Waals surface area (Å²) in [6.07, 6.45) is 1.75. The van der Waals surface area contributed by atoms with Gasteiger partial charge in [-0.2, -0.15) is 0 Å². The Morgan fingerprint density at radius 2 is 2.20 bits per heavy atom. The summed E-state index contributed by atoms with van der Waals surface area (Å²) in [4.78, 5) is 24.8. The lowest BCUT2D eigenvalue weighted by molar-refractivity contribution is -0.124. The number of piperidine rings is 1. The fraction of sp³-hybridized carbons (Fsp3) is 0.538. The molecular formula is C13H20N4O3. The predicted octanol–water partition coefficient (Wildman–Crippen LogP) is -0.0311. The first-order valence-corrected chi connectivity index (χ1v) is 6.64. The normalized spacial score (nSPS) is 23.5. The Morgan fingerprint density at radius 1 is 1.45 bits per heavy atom. The van der Waals surface area contributed by atoms with Gasteiger partial charge in [-0.15, -0.1) is 0 Å². The molecule has 110 valence electrons. The van der Waals surface area contributed by atoms with Gasteiger partial charge in [0.2, 0.25) is 5.91 Å². The molecule has 7 nitrogen and oxygen atoms in total. The molecule has 2 atom stereocenters. The van der Waals surface area contributed by atoms with Crippen molar-refractivity contribution in [2.24, 2.45) is 17.5 Å². The van der Waals surface area contributed by atoms with Crippen molar-refractivity contribution in [3.05, 3.63) is 23.7 Å². The minimum Gasteiger partial charge on any atom is -0.455 e. The van der Waals surface area contributed by atoms with Gasteiger partial charge in [-0.3, -0.25) is 19.9 Å². The van der Waals surface area contributed by atoms with E-state index in [1.165, 1.54) is 0 Å². The van der Waals surface area contributed by atoms with Gasteiger partial charge in [0.05, 0.1) is 12.5 Å². The molecule has 2 rings (SSSR count). The zero-order valence-corrected chi connectivity index (χ0v) is 11.5. The fourth-order valence-electron chi connectivity index (χ4n) is 2.49. The molecule has 0 spiro atoms. The Morgan fingerprint density at radius 3 is 2.85 bits per heavy atom. The van der Waals surface area contributed by atoms with Gasteiger partial charge in [0, 0.05) is 12.6 Å². The van der Waals surface area contributed by atoms with Crippen molar-refractivity contribution in [3.63, 3.8) is 0 Å². The highest BCUT2D eigenvalue weighted by molar-refractivity contribution is 5.90. The summed E-state index contributed by atoms with van der Waals surface area (Å²) in [5, 5.41) is 0. The van der Waals surface area contributed by atoms with Crippen LogP contribution in [-0.4, -0.2) is 29.3 Å². The summed E-state index contributed by atoms with van der Waals surface area (Å²) in [5.74, 6) is 5.06. The molecule has 1 aromatic heterocycles.